The predicted octanol–water partition coefficient (Wildman–Crippen LogP) is 1.94. The summed E-state index contributed by atoms with van der Waals surface area (Å²) in [5.41, 5.74) is -0.0918. The molecule has 16 heavy (non-hydrogen) atoms. The van der Waals surface area contributed by atoms with Crippen molar-refractivity contribution >= 4 is 0 Å². The molecular formula is C13H27NO2. The molecule has 0 heterocycles. The SMILES string of the molecule is COCC(C)(CCO)NC(C)C1CCCC1. The first kappa shape index (κ1) is 13.9. The highest BCUT2D eigenvalue weighted by atomic mass is 16.5. The first-order chi connectivity index (χ1) is 7.61. The van der Waals surface area contributed by atoms with E-state index in [1.165, 1.54) is 25.7 Å². The summed E-state index contributed by atoms with van der Waals surface area (Å²) < 4.78 is 5.25. The number of methoxy groups -OCH3 is 1. The lowest BCUT2D eigenvalue weighted by Gasteiger charge is -2.35. The fourth-order valence-electron chi connectivity index (χ4n) is 2.88. The van der Waals surface area contributed by atoms with Crippen LogP contribution in [0.5, 0.6) is 0 Å². The van der Waals surface area contributed by atoms with Gasteiger partial charge in [-0.2, -0.15) is 0 Å². The van der Waals surface area contributed by atoms with Gasteiger partial charge in [-0.3, -0.25) is 0 Å². The third kappa shape index (κ3) is 4.04. The van der Waals surface area contributed by atoms with Gasteiger partial charge < -0.3 is 15.2 Å². The van der Waals surface area contributed by atoms with E-state index in [9.17, 15) is 0 Å². The zero-order valence-corrected chi connectivity index (χ0v) is 11.0. The Labute approximate surface area is 99.6 Å². The van der Waals surface area contributed by atoms with Crippen molar-refractivity contribution in [1.82, 2.24) is 5.32 Å². The lowest BCUT2D eigenvalue weighted by atomic mass is 9.93. The van der Waals surface area contributed by atoms with Crippen LogP contribution in [0, 0.1) is 5.92 Å². The maximum Gasteiger partial charge on any atom is 0.0642 e. The fourth-order valence-corrected chi connectivity index (χ4v) is 2.88. The van der Waals surface area contributed by atoms with E-state index in [1.54, 1.807) is 7.11 Å². The van der Waals surface area contributed by atoms with Crippen LogP contribution in [0.4, 0.5) is 0 Å². The van der Waals surface area contributed by atoms with Crippen molar-refractivity contribution < 1.29 is 9.84 Å². The van der Waals surface area contributed by atoms with Gasteiger partial charge in [0.2, 0.25) is 0 Å². The normalized spacial score (nSPS) is 23.2. The summed E-state index contributed by atoms with van der Waals surface area (Å²) in [5, 5.41) is 12.8. The van der Waals surface area contributed by atoms with Crippen molar-refractivity contribution in [2.45, 2.75) is 57.5 Å². The molecule has 0 aromatic carbocycles. The summed E-state index contributed by atoms with van der Waals surface area (Å²) in [5.74, 6) is 0.801. The number of aliphatic hydroxyl groups excluding tert-OH is 1. The lowest BCUT2D eigenvalue weighted by molar-refractivity contribution is 0.0851. The van der Waals surface area contributed by atoms with E-state index in [2.05, 4.69) is 19.2 Å². The molecule has 1 saturated carbocycles. The van der Waals surface area contributed by atoms with Crippen LogP contribution in [0.15, 0.2) is 0 Å². The Hall–Kier alpha value is -0.120. The van der Waals surface area contributed by atoms with Gasteiger partial charge in [0, 0.05) is 25.3 Å². The van der Waals surface area contributed by atoms with Gasteiger partial charge in [-0.25, -0.2) is 0 Å². The maximum absolute atomic E-state index is 9.11. The van der Waals surface area contributed by atoms with Crippen molar-refractivity contribution in [1.29, 1.82) is 0 Å². The van der Waals surface area contributed by atoms with Gasteiger partial charge in [0.25, 0.3) is 0 Å². The van der Waals surface area contributed by atoms with Gasteiger partial charge in [-0.1, -0.05) is 12.8 Å². The van der Waals surface area contributed by atoms with Crippen LogP contribution in [0.3, 0.4) is 0 Å². The van der Waals surface area contributed by atoms with E-state index in [0.29, 0.717) is 12.6 Å². The summed E-state index contributed by atoms with van der Waals surface area (Å²) in [6.07, 6.45) is 6.18. The first-order valence-corrected chi connectivity index (χ1v) is 6.49. The second-order valence-electron chi connectivity index (χ2n) is 5.44. The standard InChI is InChI=1S/C13H27NO2/c1-11(12-6-4-5-7-12)14-13(2,8-9-15)10-16-3/h11-12,14-15H,4-10H2,1-3H3. The molecule has 0 saturated heterocycles. The van der Waals surface area contributed by atoms with Crippen LogP contribution in [-0.2, 0) is 4.74 Å². The number of rotatable bonds is 7. The van der Waals surface area contributed by atoms with Gasteiger partial charge in [0.05, 0.1) is 6.61 Å². The largest absolute Gasteiger partial charge is 0.396 e. The molecule has 3 nitrogen and oxygen atoms in total. The van der Waals surface area contributed by atoms with Crippen LogP contribution in [0.2, 0.25) is 0 Å². The fraction of sp³-hybridized carbons (Fsp3) is 1.00. The highest BCUT2D eigenvalue weighted by molar-refractivity contribution is 4.88. The van der Waals surface area contributed by atoms with Crippen molar-refractivity contribution in [2.75, 3.05) is 20.3 Å². The Bertz CT molecular complexity index is 184. The molecule has 1 aliphatic carbocycles. The molecule has 0 radical (unpaired) electrons. The molecule has 0 amide bonds. The molecule has 0 bridgehead atoms. The monoisotopic (exact) mass is 229 g/mol. The zero-order chi connectivity index (χ0) is 12.0. The van der Waals surface area contributed by atoms with Crippen LogP contribution in [0.1, 0.15) is 46.0 Å². The van der Waals surface area contributed by atoms with Crippen LogP contribution in [-0.4, -0.2) is 37.0 Å². The smallest absolute Gasteiger partial charge is 0.0642 e. The highest BCUT2D eigenvalue weighted by Crippen LogP contribution is 2.28. The minimum Gasteiger partial charge on any atom is -0.396 e. The molecule has 1 rings (SSSR count). The molecular weight excluding hydrogens is 202 g/mol. The minimum atomic E-state index is -0.0918. The third-order valence-corrected chi connectivity index (χ3v) is 3.81. The van der Waals surface area contributed by atoms with Crippen molar-refractivity contribution in [3.63, 3.8) is 0 Å². The highest BCUT2D eigenvalue weighted by Gasteiger charge is 2.29. The maximum atomic E-state index is 9.11. The average molecular weight is 229 g/mol. The molecule has 2 atom stereocenters. The van der Waals surface area contributed by atoms with Crippen molar-refractivity contribution in [3.05, 3.63) is 0 Å². The molecule has 0 aromatic heterocycles. The summed E-state index contributed by atoms with van der Waals surface area (Å²) in [6, 6.07) is 0.522. The topological polar surface area (TPSA) is 41.5 Å². The second kappa shape index (κ2) is 6.58. The third-order valence-electron chi connectivity index (χ3n) is 3.81. The molecule has 2 N–H and O–H groups in total. The average Bonchev–Trinajstić information content (AvgIpc) is 2.70. The van der Waals surface area contributed by atoms with Crippen LogP contribution >= 0.6 is 0 Å². The van der Waals surface area contributed by atoms with Crippen LogP contribution in [0.25, 0.3) is 0 Å². The van der Waals surface area contributed by atoms with Gasteiger partial charge in [0.15, 0.2) is 0 Å². The van der Waals surface area contributed by atoms with Gasteiger partial charge in [0.1, 0.15) is 0 Å². The minimum absolute atomic E-state index is 0.0918. The van der Waals surface area contributed by atoms with E-state index < -0.39 is 0 Å². The molecule has 2 unspecified atom stereocenters. The first-order valence-electron chi connectivity index (χ1n) is 6.49. The number of ether oxygens (including phenoxy) is 1. The summed E-state index contributed by atoms with van der Waals surface area (Å²) in [6.45, 7) is 5.27. The second-order valence-corrected chi connectivity index (χ2v) is 5.44. The molecule has 0 aliphatic heterocycles. The van der Waals surface area contributed by atoms with Gasteiger partial charge >= 0.3 is 0 Å². The lowest BCUT2D eigenvalue weighted by Crippen LogP contribution is -2.52. The molecule has 0 spiro atoms. The summed E-state index contributed by atoms with van der Waals surface area (Å²) >= 11 is 0. The van der Waals surface area contributed by atoms with Crippen LogP contribution < -0.4 is 5.32 Å². The number of nitrogens with one attached hydrogen (secondary N) is 1. The summed E-state index contributed by atoms with van der Waals surface area (Å²) in [4.78, 5) is 0. The molecule has 1 fully saturated rings. The Morgan fingerprint density at radius 3 is 2.56 bits per heavy atom. The van der Waals surface area contributed by atoms with Crippen molar-refractivity contribution in [3.8, 4) is 0 Å². The number of aliphatic hydroxyl groups is 1. The Morgan fingerprint density at radius 2 is 2.06 bits per heavy atom. The van der Waals surface area contributed by atoms with E-state index in [1.807, 2.05) is 0 Å². The molecule has 1 aliphatic rings. The van der Waals surface area contributed by atoms with Gasteiger partial charge in [-0.05, 0) is 39.0 Å². The molecule has 0 aromatic rings. The summed E-state index contributed by atoms with van der Waals surface area (Å²) in [7, 11) is 1.72. The quantitative estimate of drug-likeness (QED) is 0.701. The van der Waals surface area contributed by atoms with Crippen molar-refractivity contribution in [2.24, 2.45) is 5.92 Å². The van der Waals surface area contributed by atoms with Gasteiger partial charge in [-0.15, -0.1) is 0 Å². The Morgan fingerprint density at radius 1 is 1.44 bits per heavy atom. The van der Waals surface area contributed by atoms with E-state index in [-0.39, 0.29) is 12.1 Å². The Kier molecular flexibility index (Phi) is 5.73. The zero-order valence-electron chi connectivity index (χ0n) is 11.0. The number of hydrogen-bond acceptors (Lipinski definition) is 3. The number of hydrogen-bond donors (Lipinski definition) is 2. The Balaban J connectivity index is 2.45. The molecule has 96 valence electrons. The van der Waals surface area contributed by atoms with E-state index in [0.717, 1.165) is 12.3 Å². The van der Waals surface area contributed by atoms with E-state index >= 15 is 0 Å². The molecule has 3 heteroatoms. The predicted molar refractivity (Wildman–Crippen MR) is 66.5 cm³/mol. The van der Waals surface area contributed by atoms with E-state index in [4.69, 9.17) is 9.84 Å².